The van der Waals surface area contributed by atoms with Crippen LogP contribution in [0.4, 0.5) is 8.78 Å². The highest BCUT2D eigenvalue weighted by Crippen LogP contribution is 2.23. The van der Waals surface area contributed by atoms with Crippen LogP contribution in [0.1, 0.15) is 34.1 Å². The fourth-order valence-electron chi connectivity index (χ4n) is 1.95. The van der Waals surface area contributed by atoms with Gasteiger partial charge in [0.15, 0.2) is 0 Å². The van der Waals surface area contributed by atoms with Crippen molar-refractivity contribution in [2.24, 2.45) is 0 Å². The molecule has 0 aromatic carbocycles. The van der Waals surface area contributed by atoms with Crippen LogP contribution in [0.3, 0.4) is 0 Å². The summed E-state index contributed by atoms with van der Waals surface area (Å²) < 4.78 is 25.5. The second-order valence-electron chi connectivity index (χ2n) is 5.30. The van der Waals surface area contributed by atoms with Crippen LogP contribution in [0.5, 0.6) is 0 Å². The van der Waals surface area contributed by atoms with Gasteiger partial charge in [-0.3, -0.25) is 4.90 Å². The minimum Gasteiger partial charge on any atom is -0.305 e. The molecular weight excluding hydrogens is 198 g/mol. The predicted octanol–water partition coefficient (Wildman–Crippen LogP) is 2.10. The molecular formula is C11H22F2N2. The first-order valence-electron chi connectivity index (χ1n) is 5.59. The van der Waals surface area contributed by atoms with E-state index < -0.39 is 5.92 Å². The number of nitrogens with zero attached hydrogens (tertiary/aromatic N) is 1. The zero-order valence-electron chi connectivity index (χ0n) is 10.1. The average molecular weight is 220 g/mol. The molecule has 2 nitrogen and oxygen atoms in total. The maximum Gasteiger partial charge on any atom is 0.257 e. The van der Waals surface area contributed by atoms with Gasteiger partial charge in [-0.25, -0.2) is 8.78 Å². The lowest BCUT2D eigenvalue weighted by Gasteiger charge is -2.29. The Hall–Kier alpha value is -0.220. The third kappa shape index (κ3) is 4.03. The molecule has 0 radical (unpaired) electrons. The number of halogens is 2. The third-order valence-corrected chi connectivity index (χ3v) is 3.06. The van der Waals surface area contributed by atoms with Gasteiger partial charge >= 0.3 is 0 Å². The number of nitrogens with one attached hydrogen (secondary N) is 1. The summed E-state index contributed by atoms with van der Waals surface area (Å²) in [5.74, 6) is -2.62. The lowest BCUT2D eigenvalue weighted by molar-refractivity contribution is 0.0151. The van der Waals surface area contributed by atoms with E-state index in [4.69, 9.17) is 0 Å². The first kappa shape index (κ1) is 12.8. The van der Waals surface area contributed by atoms with Crippen LogP contribution in [0.15, 0.2) is 0 Å². The standard InChI is InChI=1S/C11H22F2N2/c1-9(2)15-6-5-10(3,8-15)14-7-11(4,12)13/h9,14H,5-8H2,1-4H3. The van der Waals surface area contributed by atoms with Crippen molar-refractivity contribution >= 4 is 0 Å². The SMILES string of the molecule is CC(C)N1CCC(C)(NCC(C)(F)F)C1. The number of likely N-dealkylation sites (tertiary alicyclic amines) is 1. The molecule has 4 heteroatoms. The lowest BCUT2D eigenvalue weighted by Crippen LogP contribution is -2.49. The van der Waals surface area contributed by atoms with Gasteiger partial charge in [0.05, 0.1) is 6.54 Å². The minimum atomic E-state index is -2.62. The average Bonchev–Trinajstić information content (AvgIpc) is 2.45. The fraction of sp³-hybridized carbons (Fsp3) is 1.00. The second kappa shape index (κ2) is 4.34. The molecule has 1 aliphatic rings. The Labute approximate surface area is 91.0 Å². The zero-order valence-corrected chi connectivity index (χ0v) is 10.1. The molecule has 0 bridgehead atoms. The van der Waals surface area contributed by atoms with Crippen LogP contribution < -0.4 is 5.32 Å². The van der Waals surface area contributed by atoms with E-state index in [0.29, 0.717) is 6.04 Å². The minimum absolute atomic E-state index is 0.149. The molecule has 15 heavy (non-hydrogen) atoms. The smallest absolute Gasteiger partial charge is 0.257 e. The number of hydrogen-bond acceptors (Lipinski definition) is 2. The van der Waals surface area contributed by atoms with E-state index in [1.165, 1.54) is 0 Å². The highest BCUT2D eigenvalue weighted by molar-refractivity contribution is 4.95. The zero-order chi connectivity index (χ0) is 11.7. The van der Waals surface area contributed by atoms with E-state index in [2.05, 4.69) is 24.1 Å². The summed E-state index contributed by atoms with van der Waals surface area (Å²) >= 11 is 0. The molecule has 0 amide bonds. The quantitative estimate of drug-likeness (QED) is 0.780. The monoisotopic (exact) mass is 220 g/mol. The van der Waals surface area contributed by atoms with Crippen LogP contribution in [0.2, 0.25) is 0 Å². The van der Waals surface area contributed by atoms with Crippen LogP contribution in [0, 0.1) is 0 Å². The first-order valence-corrected chi connectivity index (χ1v) is 5.59. The van der Waals surface area contributed by atoms with Crippen LogP contribution in [-0.2, 0) is 0 Å². The lowest BCUT2D eigenvalue weighted by atomic mass is 10.0. The molecule has 1 heterocycles. The van der Waals surface area contributed by atoms with Gasteiger partial charge in [0.2, 0.25) is 0 Å². The summed E-state index contributed by atoms with van der Waals surface area (Å²) in [4.78, 5) is 2.32. The van der Waals surface area contributed by atoms with Crippen molar-refractivity contribution < 1.29 is 8.78 Å². The van der Waals surface area contributed by atoms with E-state index in [0.717, 1.165) is 26.4 Å². The molecule has 1 aliphatic heterocycles. The summed E-state index contributed by atoms with van der Waals surface area (Å²) in [5, 5.41) is 2.99. The Morgan fingerprint density at radius 3 is 2.47 bits per heavy atom. The number of alkyl halides is 2. The van der Waals surface area contributed by atoms with Gasteiger partial charge < -0.3 is 5.32 Å². The molecule has 0 spiro atoms. The van der Waals surface area contributed by atoms with Crippen molar-refractivity contribution in [2.75, 3.05) is 19.6 Å². The van der Waals surface area contributed by atoms with E-state index in [1.54, 1.807) is 0 Å². The van der Waals surface area contributed by atoms with Crippen LogP contribution in [-0.4, -0.2) is 42.0 Å². The molecule has 1 saturated heterocycles. The summed E-state index contributed by atoms with van der Waals surface area (Å²) in [7, 11) is 0. The van der Waals surface area contributed by atoms with Gasteiger partial charge in [0.25, 0.3) is 5.92 Å². The number of hydrogen-bond donors (Lipinski definition) is 1. The van der Waals surface area contributed by atoms with Crippen molar-refractivity contribution in [1.29, 1.82) is 0 Å². The van der Waals surface area contributed by atoms with Gasteiger partial charge in [-0.05, 0) is 27.2 Å². The topological polar surface area (TPSA) is 15.3 Å². The summed E-state index contributed by atoms with van der Waals surface area (Å²) in [6.45, 7) is 8.90. The van der Waals surface area contributed by atoms with Gasteiger partial charge in [0.1, 0.15) is 0 Å². The Morgan fingerprint density at radius 2 is 2.07 bits per heavy atom. The Balaban J connectivity index is 2.42. The van der Waals surface area contributed by atoms with Crippen LogP contribution >= 0.6 is 0 Å². The molecule has 1 fully saturated rings. The van der Waals surface area contributed by atoms with Crippen molar-refractivity contribution in [3.8, 4) is 0 Å². The van der Waals surface area contributed by atoms with E-state index in [-0.39, 0.29) is 12.1 Å². The van der Waals surface area contributed by atoms with E-state index >= 15 is 0 Å². The van der Waals surface area contributed by atoms with Gasteiger partial charge in [0, 0.05) is 31.6 Å². The van der Waals surface area contributed by atoms with Crippen molar-refractivity contribution in [3.05, 3.63) is 0 Å². The Bertz CT molecular complexity index is 213. The van der Waals surface area contributed by atoms with E-state index in [9.17, 15) is 8.78 Å². The first-order chi connectivity index (χ1) is 6.72. The predicted molar refractivity (Wildman–Crippen MR) is 58.4 cm³/mol. The van der Waals surface area contributed by atoms with E-state index in [1.807, 2.05) is 6.92 Å². The molecule has 0 aromatic heterocycles. The largest absolute Gasteiger partial charge is 0.305 e. The van der Waals surface area contributed by atoms with Gasteiger partial charge in [-0.2, -0.15) is 0 Å². The maximum absolute atomic E-state index is 12.7. The molecule has 0 aromatic rings. The van der Waals surface area contributed by atoms with Crippen molar-refractivity contribution in [2.45, 2.75) is 51.6 Å². The Kier molecular flexibility index (Phi) is 3.71. The fourth-order valence-corrected chi connectivity index (χ4v) is 1.95. The Morgan fingerprint density at radius 1 is 1.47 bits per heavy atom. The molecule has 1 atom stereocenters. The highest BCUT2D eigenvalue weighted by atomic mass is 19.3. The van der Waals surface area contributed by atoms with Crippen molar-refractivity contribution in [3.63, 3.8) is 0 Å². The molecule has 1 N–H and O–H groups in total. The van der Waals surface area contributed by atoms with Crippen molar-refractivity contribution in [1.82, 2.24) is 10.2 Å². The normalized spacial score (nSPS) is 29.0. The number of rotatable bonds is 4. The molecule has 90 valence electrons. The van der Waals surface area contributed by atoms with Crippen LogP contribution in [0.25, 0.3) is 0 Å². The molecule has 1 rings (SSSR count). The molecule has 1 unspecified atom stereocenters. The molecule has 0 saturated carbocycles. The summed E-state index contributed by atoms with van der Waals surface area (Å²) in [6, 6.07) is 0.496. The maximum atomic E-state index is 12.7. The highest BCUT2D eigenvalue weighted by Gasteiger charge is 2.36. The summed E-state index contributed by atoms with van der Waals surface area (Å²) in [6.07, 6.45) is 0.946. The second-order valence-corrected chi connectivity index (χ2v) is 5.30. The summed E-state index contributed by atoms with van der Waals surface area (Å²) in [5.41, 5.74) is -0.149. The third-order valence-electron chi connectivity index (χ3n) is 3.06. The van der Waals surface area contributed by atoms with Gasteiger partial charge in [-0.15, -0.1) is 0 Å². The van der Waals surface area contributed by atoms with Gasteiger partial charge in [-0.1, -0.05) is 0 Å². The molecule has 0 aliphatic carbocycles.